The number of hydrogen-bond acceptors (Lipinski definition) is 6. The van der Waals surface area contributed by atoms with Gasteiger partial charge in [0.2, 0.25) is 12.2 Å². The molecule has 1 aliphatic rings. The smallest absolute Gasteiger partial charge is 0.290 e. The van der Waals surface area contributed by atoms with Crippen LogP contribution in [0.15, 0.2) is 27.7 Å². The summed E-state index contributed by atoms with van der Waals surface area (Å²) in [6, 6.07) is 1.77. The minimum absolute atomic E-state index is 0.140. The highest BCUT2D eigenvalue weighted by Gasteiger charge is 2.30. The zero-order valence-electron chi connectivity index (χ0n) is 10.4. The Hall–Kier alpha value is -2.15. The third kappa shape index (κ3) is 2.24. The summed E-state index contributed by atoms with van der Waals surface area (Å²) in [5.41, 5.74) is 0.826. The van der Waals surface area contributed by atoms with Crippen LogP contribution in [0.1, 0.15) is 28.0 Å². The van der Waals surface area contributed by atoms with Crippen molar-refractivity contribution >= 4 is 5.91 Å². The number of hydrogen-bond donors (Lipinski definition) is 0. The third-order valence-electron chi connectivity index (χ3n) is 3.08. The van der Waals surface area contributed by atoms with Gasteiger partial charge in [-0.25, -0.2) is 0 Å². The van der Waals surface area contributed by atoms with Gasteiger partial charge in [-0.05, 0) is 13.0 Å². The average molecular weight is 263 g/mol. The molecule has 0 spiro atoms. The molecule has 0 N–H and O–H groups in total. The van der Waals surface area contributed by atoms with Crippen LogP contribution in [0.2, 0.25) is 0 Å². The van der Waals surface area contributed by atoms with Crippen LogP contribution in [0.5, 0.6) is 0 Å². The van der Waals surface area contributed by atoms with Crippen LogP contribution in [-0.4, -0.2) is 40.6 Å². The van der Waals surface area contributed by atoms with Gasteiger partial charge in [-0.1, -0.05) is 5.16 Å². The normalized spacial score (nSPS) is 19.6. The molecule has 0 aromatic carbocycles. The van der Waals surface area contributed by atoms with Gasteiger partial charge in [-0.3, -0.25) is 4.79 Å². The first-order valence-corrected chi connectivity index (χ1v) is 5.97. The van der Waals surface area contributed by atoms with Crippen LogP contribution in [0, 0.1) is 6.92 Å². The molecular formula is C12H13N3O4. The van der Waals surface area contributed by atoms with Crippen molar-refractivity contribution in [2.24, 2.45) is 0 Å². The van der Waals surface area contributed by atoms with Crippen molar-refractivity contribution in [1.29, 1.82) is 0 Å². The fraction of sp³-hybridized carbons (Fsp3) is 0.417. The van der Waals surface area contributed by atoms with Crippen LogP contribution < -0.4 is 0 Å². The zero-order valence-corrected chi connectivity index (χ0v) is 10.4. The molecule has 7 heteroatoms. The molecule has 3 rings (SSSR count). The Morgan fingerprint density at radius 3 is 3.11 bits per heavy atom. The first kappa shape index (κ1) is 11.9. The molecule has 1 saturated heterocycles. The maximum atomic E-state index is 12.3. The van der Waals surface area contributed by atoms with E-state index < -0.39 is 0 Å². The summed E-state index contributed by atoms with van der Waals surface area (Å²) in [7, 11) is 0. The number of morpholine rings is 1. The van der Waals surface area contributed by atoms with Gasteiger partial charge >= 0.3 is 0 Å². The van der Waals surface area contributed by atoms with Gasteiger partial charge in [0.25, 0.3) is 5.91 Å². The fourth-order valence-electron chi connectivity index (χ4n) is 2.05. The Kier molecular flexibility index (Phi) is 3.04. The van der Waals surface area contributed by atoms with Crippen LogP contribution in [0.3, 0.4) is 0 Å². The number of rotatable bonds is 2. The summed E-state index contributed by atoms with van der Waals surface area (Å²) in [5, 5.41) is 3.74. The van der Waals surface area contributed by atoms with Gasteiger partial charge in [-0.2, -0.15) is 4.98 Å². The predicted octanol–water partition coefficient (Wildman–Crippen LogP) is 1.18. The number of furan rings is 1. The molecule has 3 heterocycles. The van der Waals surface area contributed by atoms with Crippen molar-refractivity contribution in [2.75, 3.05) is 19.7 Å². The second-order valence-electron chi connectivity index (χ2n) is 4.33. The van der Waals surface area contributed by atoms with Crippen molar-refractivity contribution < 1.29 is 18.5 Å². The van der Waals surface area contributed by atoms with E-state index in [1.54, 1.807) is 11.0 Å². The highest BCUT2D eigenvalue weighted by atomic mass is 16.5. The van der Waals surface area contributed by atoms with E-state index in [1.165, 1.54) is 12.7 Å². The second-order valence-corrected chi connectivity index (χ2v) is 4.33. The highest BCUT2D eigenvalue weighted by molar-refractivity contribution is 5.92. The monoisotopic (exact) mass is 263 g/mol. The average Bonchev–Trinajstić information content (AvgIpc) is 3.09. The summed E-state index contributed by atoms with van der Waals surface area (Å²) in [6.07, 6.45) is 2.40. The van der Waals surface area contributed by atoms with Crippen molar-refractivity contribution in [3.8, 4) is 0 Å². The highest BCUT2D eigenvalue weighted by Crippen LogP contribution is 2.21. The van der Waals surface area contributed by atoms with E-state index in [2.05, 4.69) is 10.1 Å². The molecule has 1 fully saturated rings. The van der Waals surface area contributed by atoms with Gasteiger partial charge in [0.15, 0.2) is 5.76 Å². The number of aromatic nitrogens is 2. The van der Waals surface area contributed by atoms with E-state index in [4.69, 9.17) is 13.7 Å². The van der Waals surface area contributed by atoms with E-state index in [0.29, 0.717) is 31.3 Å². The van der Waals surface area contributed by atoms with Gasteiger partial charge in [0, 0.05) is 12.1 Å². The molecular weight excluding hydrogens is 250 g/mol. The largest absolute Gasteiger partial charge is 0.459 e. The molecule has 0 radical (unpaired) electrons. The van der Waals surface area contributed by atoms with Crippen molar-refractivity contribution in [2.45, 2.75) is 13.0 Å². The topological polar surface area (TPSA) is 81.6 Å². The summed E-state index contributed by atoms with van der Waals surface area (Å²) >= 11 is 0. The summed E-state index contributed by atoms with van der Waals surface area (Å²) in [4.78, 5) is 17.9. The number of nitrogens with zero attached hydrogens (tertiary/aromatic N) is 3. The molecule has 1 atom stereocenters. The van der Waals surface area contributed by atoms with Crippen molar-refractivity contribution in [3.63, 3.8) is 0 Å². The first-order chi connectivity index (χ1) is 9.25. The van der Waals surface area contributed by atoms with Crippen LogP contribution >= 0.6 is 0 Å². The van der Waals surface area contributed by atoms with E-state index in [1.807, 2.05) is 6.92 Å². The minimum Gasteiger partial charge on any atom is -0.459 e. The first-order valence-electron chi connectivity index (χ1n) is 5.97. The Morgan fingerprint density at radius 1 is 1.53 bits per heavy atom. The summed E-state index contributed by atoms with van der Waals surface area (Å²) in [6.45, 7) is 3.18. The summed E-state index contributed by atoms with van der Waals surface area (Å²) in [5.74, 6) is 0.682. The number of aryl methyl sites for hydroxylation is 1. The number of carbonyl (C=O) groups is 1. The Balaban J connectivity index is 1.75. The second kappa shape index (κ2) is 4.85. The minimum atomic E-state index is -0.355. The maximum absolute atomic E-state index is 12.3. The van der Waals surface area contributed by atoms with Crippen molar-refractivity contribution in [1.82, 2.24) is 15.0 Å². The molecule has 2 aromatic rings. The van der Waals surface area contributed by atoms with Gasteiger partial charge in [0.1, 0.15) is 6.10 Å². The Bertz CT molecular complexity index is 563. The number of carbonyl (C=O) groups excluding carboxylic acids is 1. The predicted molar refractivity (Wildman–Crippen MR) is 62.3 cm³/mol. The quantitative estimate of drug-likeness (QED) is 0.809. The number of amides is 1. The standard InChI is InChI=1S/C12H13N3O4/c1-8-2-4-18-10(8)12(16)15-3-5-17-9(6-15)11-13-7-19-14-11/h2,4,7,9H,3,5-6H2,1H3. The molecule has 0 aliphatic carbocycles. The molecule has 0 bridgehead atoms. The van der Waals surface area contributed by atoms with Gasteiger partial charge in [-0.15, -0.1) is 0 Å². The van der Waals surface area contributed by atoms with Gasteiger partial charge in [0.05, 0.1) is 19.4 Å². The molecule has 1 unspecified atom stereocenters. The molecule has 7 nitrogen and oxygen atoms in total. The molecule has 0 saturated carbocycles. The van der Waals surface area contributed by atoms with Crippen LogP contribution in [0.25, 0.3) is 0 Å². The van der Waals surface area contributed by atoms with E-state index in [9.17, 15) is 4.79 Å². The third-order valence-corrected chi connectivity index (χ3v) is 3.08. The van der Waals surface area contributed by atoms with E-state index in [-0.39, 0.29) is 12.0 Å². The Morgan fingerprint density at radius 2 is 2.42 bits per heavy atom. The number of ether oxygens (including phenoxy) is 1. The lowest BCUT2D eigenvalue weighted by Crippen LogP contribution is -2.42. The lowest BCUT2D eigenvalue weighted by molar-refractivity contribution is -0.0285. The van der Waals surface area contributed by atoms with E-state index >= 15 is 0 Å². The van der Waals surface area contributed by atoms with Gasteiger partial charge < -0.3 is 18.6 Å². The maximum Gasteiger partial charge on any atom is 0.290 e. The Labute approximate surface area is 109 Å². The lowest BCUT2D eigenvalue weighted by atomic mass is 10.2. The lowest BCUT2D eigenvalue weighted by Gasteiger charge is -2.30. The molecule has 2 aromatic heterocycles. The van der Waals surface area contributed by atoms with Crippen LogP contribution in [-0.2, 0) is 4.74 Å². The molecule has 1 aliphatic heterocycles. The summed E-state index contributed by atoms with van der Waals surface area (Å²) < 4.78 is 15.5. The van der Waals surface area contributed by atoms with E-state index in [0.717, 1.165) is 5.56 Å². The van der Waals surface area contributed by atoms with Crippen molar-refractivity contribution in [3.05, 3.63) is 35.9 Å². The molecule has 1 amide bonds. The fourth-order valence-corrected chi connectivity index (χ4v) is 2.05. The molecule has 19 heavy (non-hydrogen) atoms. The van der Waals surface area contributed by atoms with Crippen LogP contribution in [0.4, 0.5) is 0 Å². The SMILES string of the molecule is Cc1ccoc1C(=O)N1CCOC(c2ncon2)C1. The molecule has 100 valence electrons. The zero-order chi connectivity index (χ0) is 13.2.